The van der Waals surface area contributed by atoms with Crippen LogP contribution in [0.1, 0.15) is 68.8 Å². The van der Waals surface area contributed by atoms with Gasteiger partial charge in [0.2, 0.25) is 0 Å². The van der Waals surface area contributed by atoms with Crippen LogP contribution >= 0.6 is 0 Å². The summed E-state index contributed by atoms with van der Waals surface area (Å²) in [4.78, 5) is 0. The highest BCUT2D eigenvalue weighted by Crippen LogP contribution is 2.25. The lowest BCUT2D eigenvalue weighted by Crippen LogP contribution is -2.35. The maximum absolute atomic E-state index is 3.80. The normalized spacial score (nSPS) is 14.7. The molecule has 19 heavy (non-hydrogen) atoms. The monoisotopic (exact) mass is 261 g/mol. The fraction of sp³-hybridized carbons (Fsp3) is 0.667. The molecule has 0 aliphatic heterocycles. The van der Waals surface area contributed by atoms with Crippen molar-refractivity contribution in [3.63, 3.8) is 0 Å². The van der Waals surface area contributed by atoms with E-state index in [0.717, 1.165) is 5.92 Å². The predicted octanol–water partition coefficient (Wildman–Crippen LogP) is 5.09. The van der Waals surface area contributed by atoms with Crippen molar-refractivity contribution >= 4 is 0 Å². The van der Waals surface area contributed by atoms with Crippen molar-refractivity contribution in [3.8, 4) is 0 Å². The molecule has 0 spiro atoms. The lowest BCUT2D eigenvalue weighted by atomic mass is 9.91. The molecule has 2 unspecified atom stereocenters. The number of nitrogens with one attached hydrogen (secondary N) is 1. The van der Waals surface area contributed by atoms with Crippen LogP contribution < -0.4 is 5.32 Å². The van der Waals surface area contributed by atoms with Gasteiger partial charge in [0, 0.05) is 12.1 Å². The van der Waals surface area contributed by atoms with Gasteiger partial charge in [0.25, 0.3) is 0 Å². The first-order valence-corrected chi connectivity index (χ1v) is 7.74. The van der Waals surface area contributed by atoms with Crippen molar-refractivity contribution < 1.29 is 0 Å². The summed E-state index contributed by atoms with van der Waals surface area (Å²) in [5.74, 6) is 0.772. The van der Waals surface area contributed by atoms with Crippen LogP contribution in [0.15, 0.2) is 12.1 Å². The van der Waals surface area contributed by atoms with Gasteiger partial charge in [-0.05, 0) is 57.2 Å². The van der Waals surface area contributed by atoms with Gasteiger partial charge in [-0.15, -0.1) is 0 Å². The first-order valence-electron chi connectivity index (χ1n) is 7.74. The van der Waals surface area contributed by atoms with Crippen molar-refractivity contribution in [3.05, 3.63) is 34.4 Å². The molecule has 1 rings (SSSR count). The lowest BCUT2D eigenvalue weighted by Gasteiger charge is -2.28. The van der Waals surface area contributed by atoms with E-state index in [9.17, 15) is 0 Å². The number of aryl methyl sites for hydroxylation is 3. The zero-order chi connectivity index (χ0) is 14.6. The summed E-state index contributed by atoms with van der Waals surface area (Å²) in [5.41, 5.74) is 5.66. The van der Waals surface area contributed by atoms with E-state index in [-0.39, 0.29) is 0 Å². The average Bonchev–Trinajstić information content (AvgIpc) is 2.28. The lowest BCUT2D eigenvalue weighted by molar-refractivity contribution is 0.329. The number of rotatable bonds is 6. The first kappa shape index (κ1) is 16.2. The minimum atomic E-state index is 0.427. The van der Waals surface area contributed by atoms with E-state index in [2.05, 4.69) is 65.9 Å². The molecule has 0 heterocycles. The van der Waals surface area contributed by atoms with Gasteiger partial charge in [-0.2, -0.15) is 0 Å². The smallest absolute Gasteiger partial charge is 0.0299 e. The third kappa shape index (κ3) is 4.07. The fourth-order valence-corrected chi connectivity index (χ4v) is 3.48. The molecule has 2 atom stereocenters. The van der Waals surface area contributed by atoms with Gasteiger partial charge in [0.05, 0.1) is 0 Å². The molecule has 0 amide bonds. The van der Waals surface area contributed by atoms with Crippen LogP contribution in [-0.4, -0.2) is 6.04 Å². The Labute approximate surface area is 119 Å². The summed E-state index contributed by atoms with van der Waals surface area (Å²) in [6.07, 6.45) is 2.51. The second-order valence-corrected chi connectivity index (χ2v) is 6.07. The SMILES string of the molecule is CCC(CC)C(C)NC(C)c1c(C)cc(C)cc1C. The van der Waals surface area contributed by atoms with Crippen LogP contribution in [0.4, 0.5) is 0 Å². The molecule has 1 heteroatoms. The molecule has 1 nitrogen and oxygen atoms in total. The van der Waals surface area contributed by atoms with Crippen molar-refractivity contribution in [1.29, 1.82) is 0 Å². The summed E-state index contributed by atoms with van der Waals surface area (Å²) >= 11 is 0. The molecule has 0 radical (unpaired) electrons. The van der Waals surface area contributed by atoms with Crippen LogP contribution in [-0.2, 0) is 0 Å². The highest BCUT2D eigenvalue weighted by atomic mass is 14.9. The second kappa shape index (κ2) is 7.09. The van der Waals surface area contributed by atoms with Gasteiger partial charge in [-0.3, -0.25) is 0 Å². The number of hydrogen-bond donors (Lipinski definition) is 1. The molecule has 0 bridgehead atoms. The number of hydrogen-bond acceptors (Lipinski definition) is 1. The van der Waals surface area contributed by atoms with Crippen molar-refractivity contribution in [2.24, 2.45) is 5.92 Å². The summed E-state index contributed by atoms with van der Waals surface area (Å²) in [6.45, 7) is 15.8. The zero-order valence-electron chi connectivity index (χ0n) is 13.8. The van der Waals surface area contributed by atoms with Crippen molar-refractivity contribution in [2.75, 3.05) is 0 Å². The molecule has 0 aliphatic carbocycles. The summed E-state index contributed by atoms with van der Waals surface area (Å²) < 4.78 is 0. The Kier molecular flexibility index (Phi) is 6.06. The van der Waals surface area contributed by atoms with Gasteiger partial charge in [0.1, 0.15) is 0 Å². The molecule has 1 aromatic carbocycles. The van der Waals surface area contributed by atoms with Crippen LogP contribution in [0.25, 0.3) is 0 Å². The molecular weight excluding hydrogens is 230 g/mol. The Bertz CT molecular complexity index is 381. The van der Waals surface area contributed by atoms with Crippen LogP contribution in [0.2, 0.25) is 0 Å². The van der Waals surface area contributed by atoms with Crippen LogP contribution in [0, 0.1) is 26.7 Å². The Morgan fingerprint density at radius 3 is 1.84 bits per heavy atom. The molecule has 0 aliphatic rings. The van der Waals surface area contributed by atoms with Crippen molar-refractivity contribution in [2.45, 2.75) is 73.4 Å². The van der Waals surface area contributed by atoms with Crippen molar-refractivity contribution in [1.82, 2.24) is 5.32 Å². The number of benzene rings is 1. The maximum atomic E-state index is 3.80. The molecular formula is C18H31N. The first-order chi connectivity index (χ1) is 8.90. The Morgan fingerprint density at radius 2 is 1.42 bits per heavy atom. The third-order valence-electron chi connectivity index (χ3n) is 4.44. The van der Waals surface area contributed by atoms with Gasteiger partial charge in [-0.25, -0.2) is 0 Å². The minimum Gasteiger partial charge on any atom is -0.307 e. The quantitative estimate of drug-likeness (QED) is 0.752. The van der Waals surface area contributed by atoms with Crippen LogP contribution in [0.3, 0.4) is 0 Å². The maximum Gasteiger partial charge on any atom is 0.0299 e. The third-order valence-corrected chi connectivity index (χ3v) is 4.44. The Hall–Kier alpha value is -0.820. The van der Waals surface area contributed by atoms with E-state index in [0.29, 0.717) is 12.1 Å². The second-order valence-electron chi connectivity index (χ2n) is 6.07. The molecule has 0 saturated heterocycles. The van der Waals surface area contributed by atoms with Gasteiger partial charge in [0.15, 0.2) is 0 Å². The van der Waals surface area contributed by atoms with E-state index in [4.69, 9.17) is 0 Å². The minimum absolute atomic E-state index is 0.427. The highest BCUT2D eigenvalue weighted by molar-refractivity contribution is 5.39. The Morgan fingerprint density at radius 1 is 0.947 bits per heavy atom. The zero-order valence-corrected chi connectivity index (χ0v) is 13.8. The molecule has 0 fully saturated rings. The topological polar surface area (TPSA) is 12.0 Å². The van der Waals surface area contributed by atoms with E-state index in [1.165, 1.54) is 35.1 Å². The summed E-state index contributed by atoms with van der Waals surface area (Å²) in [6, 6.07) is 5.59. The molecule has 0 aromatic heterocycles. The predicted molar refractivity (Wildman–Crippen MR) is 85.7 cm³/mol. The van der Waals surface area contributed by atoms with Gasteiger partial charge < -0.3 is 5.32 Å². The molecule has 108 valence electrons. The van der Waals surface area contributed by atoms with E-state index in [1.807, 2.05) is 0 Å². The fourth-order valence-electron chi connectivity index (χ4n) is 3.48. The Balaban J connectivity index is 2.87. The molecule has 0 saturated carbocycles. The van der Waals surface area contributed by atoms with Gasteiger partial charge >= 0.3 is 0 Å². The van der Waals surface area contributed by atoms with Gasteiger partial charge in [-0.1, -0.05) is 44.4 Å². The molecule has 1 aromatic rings. The standard InChI is InChI=1S/C18H31N/c1-8-17(9-2)15(6)19-16(7)18-13(4)10-12(3)11-14(18)5/h10-11,15-17,19H,8-9H2,1-7H3. The van der Waals surface area contributed by atoms with Crippen LogP contribution in [0.5, 0.6) is 0 Å². The highest BCUT2D eigenvalue weighted by Gasteiger charge is 2.18. The largest absolute Gasteiger partial charge is 0.307 e. The molecule has 1 N–H and O–H groups in total. The average molecular weight is 261 g/mol. The summed E-state index contributed by atoms with van der Waals surface area (Å²) in [5, 5.41) is 3.80. The van der Waals surface area contributed by atoms with E-state index >= 15 is 0 Å². The summed E-state index contributed by atoms with van der Waals surface area (Å²) in [7, 11) is 0. The van der Waals surface area contributed by atoms with E-state index < -0.39 is 0 Å². The van der Waals surface area contributed by atoms with E-state index in [1.54, 1.807) is 0 Å².